The van der Waals surface area contributed by atoms with Crippen molar-refractivity contribution < 1.29 is 17.9 Å². The number of sulfonamides is 1. The first kappa shape index (κ1) is 16.1. The van der Waals surface area contributed by atoms with Crippen molar-refractivity contribution in [3.8, 4) is 0 Å². The number of rotatable bonds is 3. The van der Waals surface area contributed by atoms with E-state index >= 15 is 0 Å². The van der Waals surface area contributed by atoms with Crippen molar-refractivity contribution in [1.82, 2.24) is 4.31 Å². The second-order valence-electron chi connectivity index (χ2n) is 4.84. The number of halogens is 1. The van der Waals surface area contributed by atoms with E-state index in [1.165, 1.54) is 25.3 Å². The van der Waals surface area contributed by atoms with Gasteiger partial charge in [-0.1, -0.05) is 11.6 Å². The van der Waals surface area contributed by atoms with Gasteiger partial charge in [-0.2, -0.15) is 4.31 Å². The highest BCUT2D eigenvalue weighted by atomic mass is 35.5. The molecule has 0 aromatic heterocycles. The van der Waals surface area contributed by atoms with Crippen LogP contribution in [0.4, 0.5) is 5.69 Å². The lowest BCUT2D eigenvalue weighted by Crippen LogP contribution is -2.48. The Hall–Kier alpha value is -1.31. The van der Waals surface area contributed by atoms with Gasteiger partial charge < -0.3 is 10.5 Å². The molecule has 2 rings (SSSR count). The van der Waals surface area contributed by atoms with Gasteiger partial charge in [-0.25, -0.2) is 8.42 Å². The van der Waals surface area contributed by atoms with E-state index in [9.17, 15) is 13.2 Å². The Bertz CT molecular complexity index is 648. The Morgan fingerprint density at radius 1 is 1.43 bits per heavy atom. The predicted octanol–water partition coefficient (Wildman–Crippen LogP) is 1.64. The van der Waals surface area contributed by atoms with Gasteiger partial charge in [-0.3, -0.25) is 4.79 Å². The van der Waals surface area contributed by atoms with Gasteiger partial charge in [0.2, 0.25) is 10.0 Å². The minimum atomic E-state index is -3.90. The van der Waals surface area contributed by atoms with Gasteiger partial charge >= 0.3 is 5.97 Å². The molecule has 0 amide bonds. The van der Waals surface area contributed by atoms with Crippen molar-refractivity contribution in [3.63, 3.8) is 0 Å². The maximum atomic E-state index is 12.8. The summed E-state index contributed by atoms with van der Waals surface area (Å²) in [5.74, 6) is -0.557. The Morgan fingerprint density at radius 3 is 2.81 bits per heavy atom. The van der Waals surface area contributed by atoms with E-state index in [0.717, 1.165) is 10.7 Å². The van der Waals surface area contributed by atoms with Crippen LogP contribution < -0.4 is 5.73 Å². The number of methoxy groups -OCH3 is 1. The number of ether oxygens (including phenoxy) is 1. The molecule has 1 saturated heterocycles. The number of anilines is 1. The normalized spacial score (nSPS) is 20.2. The van der Waals surface area contributed by atoms with Crippen molar-refractivity contribution in [2.24, 2.45) is 0 Å². The number of benzene rings is 1. The number of nitrogens with two attached hydrogens (primary N) is 1. The first-order valence-electron chi connectivity index (χ1n) is 6.52. The molecule has 0 radical (unpaired) electrons. The van der Waals surface area contributed by atoms with E-state index in [1.807, 2.05) is 0 Å². The van der Waals surface area contributed by atoms with Crippen molar-refractivity contribution >= 4 is 33.3 Å². The van der Waals surface area contributed by atoms with Crippen LogP contribution in [-0.2, 0) is 19.6 Å². The molecule has 1 aliphatic heterocycles. The average Bonchev–Trinajstić information content (AvgIpc) is 2.48. The van der Waals surface area contributed by atoms with E-state index in [-0.39, 0.29) is 16.5 Å². The van der Waals surface area contributed by atoms with Gasteiger partial charge in [-0.15, -0.1) is 0 Å². The van der Waals surface area contributed by atoms with Crippen molar-refractivity contribution in [2.45, 2.75) is 30.2 Å². The summed E-state index contributed by atoms with van der Waals surface area (Å²) < 4.78 is 31.4. The molecular weight excluding hydrogens is 316 g/mol. The molecule has 2 N–H and O–H groups in total. The fourth-order valence-corrected chi connectivity index (χ4v) is 4.57. The average molecular weight is 333 g/mol. The molecule has 6 nitrogen and oxygen atoms in total. The van der Waals surface area contributed by atoms with Crippen LogP contribution in [0, 0.1) is 0 Å². The molecular formula is C13H17ClN2O4S. The zero-order chi connectivity index (χ0) is 15.6. The van der Waals surface area contributed by atoms with Crippen molar-refractivity contribution in [1.29, 1.82) is 0 Å². The fraction of sp³-hybridized carbons (Fsp3) is 0.462. The molecule has 0 bridgehead atoms. The van der Waals surface area contributed by atoms with Gasteiger partial charge in [0.1, 0.15) is 10.9 Å². The number of hydrogen-bond donors (Lipinski definition) is 1. The van der Waals surface area contributed by atoms with Gasteiger partial charge in [0.05, 0.1) is 12.1 Å². The lowest BCUT2D eigenvalue weighted by molar-refractivity contribution is -0.146. The zero-order valence-corrected chi connectivity index (χ0v) is 13.2. The van der Waals surface area contributed by atoms with Crippen LogP contribution in [0.3, 0.4) is 0 Å². The maximum Gasteiger partial charge on any atom is 0.324 e. The summed E-state index contributed by atoms with van der Waals surface area (Å²) in [6, 6.07) is 3.45. The van der Waals surface area contributed by atoms with E-state index in [0.29, 0.717) is 18.5 Å². The molecule has 0 aliphatic carbocycles. The molecule has 21 heavy (non-hydrogen) atoms. The molecule has 1 unspecified atom stereocenters. The van der Waals surface area contributed by atoms with E-state index in [4.69, 9.17) is 22.1 Å². The molecule has 1 heterocycles. The van der Waals surface area contributed by atoms with Gasteiger partial charge in [-0.05, 0) is 37.5 Å². The third-order valence-corrected chi connectivity index (χ3v) is 5.86. The number of piperidine rings is 1. The van der Waals surface area contributed by atoms with Crippen LogP contribution in [0.25, 0.3) is 0 Å². The minimum absolute atomic E-state index is 0.0818. The molecule has 8 heteroatoms. The number of carbonyl (C=O) groups is 1. The molecule has 116 valence electrons. The van der Waals surface area contributed by atoms with Crippen LogP contribution in [0.5, 0.6) is 0 Å². The zero-order valence-electron chi connectivity index (χ0n) is 11.6. The maximum absolute atomic E-state index is 12.8. The van der Waals surface area contributed by atoms with Crippen molar-refractivity contribution in [2.75, 3.05) is 19.4 Å². The molecule has 1 aliphatic rings. The lowest BCUT2D eigenvalue weighted by Gasteiger charge is -2.32. The number of carbonyl (C=O) groups excluding carboxylic acids is 1. The molecule has 1 aromatic carbocycles. The SMILES string of the molecule is COC(=O)C1CCCCN1S(=O)(=O)c1cc(N)ccc1Cl. The topological polar surface area (TPSA) is 89.7 Å². The molecule has 0 spiro atoms. The van der Waals surface area contributed by atoms with Crippen LogP contribution in [0.15, 0.2) is 23.1 Å². The molecule has 1 atom stereocenters. The second-order valence-corrected chi connectivity index (χ2v) is 7.11. The number of nitrogens with zero attached hydrogens (tertiary/aromatic N) is 1. The third-order valence-electron chi connectivity index (χ3n) is 3.47. The summed E-state index contributed by atoms with van der Waals surface area (Å²) in [5, 5.41) is 0.0818. The number of nitrogen functional groups attached to an aromatic ring is 1. The van der Waals surface area contributed by atoms with Crippen molar-refractivity contribution in [3.05, 3.63) is 23.2 Å². The summed E-state index contributed by atoms with van der Waals surface area (Å²) in [4.78, 5) is 11.7. The van der Waals surface area contributed by atoms with Gasteiger partial charge in [0.15, 0.2) is 0 Å². The van der Waals surface area contributed by atoms with Crippen LogP contribution in [0.1, 0.15) is 19.3 Å². The molecule has 1 aromatic rings. The second kappa shape index (κ2) is 6.21. The summed E-state index contributed by atoms with van der Waals surface area (Å²) in [5.41, 5.74) is 5.94. The lowest BCUT2D eigenvalue weighted by atomic mass is 10.1. The smallest absolute Gasteiger partial charge is 0.324 e. The summed E-state index contributed by atoms with van der Waals surface area (Å²) in [6.07, 6.45) is 1.90. The Morgan fingerprint density at radius 2 is 2.14 bits per heavy atom. The van der Waals surface area contributed by atoms with Gasteiger partial charge in [0.25, 0.3) is 0 Å². The first-order chi connectivity index (χ1) is 9.87. The minimum Gasteiger partial charge on any atom is -0.468 e. The number of esters is 1. The Balaban J connectivity index is 2.45. The van der Waals surface area contributed by atoms with E-state index in [1.54, 1.807) is 0 Å². The van der Waals surface area contributed by atoms with Crippen LogP contribution in [-0.4, -0.2) is 38.4 Å². The Labute approximate surface area is 128 Å². The summed E-state index contributed by atoms with van der Waals surface area (Å²) in [6.45, 7) is 0.257. The number of hydrogen-bond acceptors (Lipinski definition) is 5. The van der Waals surface area contributed by atoms with Crippen LogP contribution >= 0.6 is 11.6 Å². The Kier molecular flexibility index (Phi) is 4.75. The standard InChI is InChI=1S/C13H17ClN2O4S/c1-20-13(17)11-4-2-3-7-16(11)21(18,19)12-8-9(15)5-6-10(12)14/h5-6,8,11H,2-4,7,15H2,1H3. The van der Waals surface area contributed by atoms with Gasteiger partial charge in [0, 0.05) is 12.2 Å². The highest BCUT2D eigenvalue weighted by Gasteiger charge is 2.39. The monoisotopic (exact) mass is 332 g/mol. The largest absolute Gasteiger partial charge is 0.468 e. The third kappa shape index (κ3) is 3.14. The highest BCUT2D eigenvalue weighted by molar-refractivity contribution is 7.89. The molecule has 0 saturated carbocycles. The fourth-order valence-electron chi connectivity index (χ4n) is 2.41. The molecule has 1 fully saturated rings. The summed E-state index contributed by atoms with van der Waals surface area (Å²) >= 11 is 5.98. The van der Waals surface area contributed by atoms with E-state index < -0.39 is 22.0 Å². The highest BCUT2D eigenvalue weighted by Crippen LogP contribution is 2.31. The quantitative estimate of drug-likeness (QED) is 0.671. The summed E-state index contributed by atoms with van der Waals surface area (Å²) in [7, 11) is -2.65. The first-order valence-corrected chi connectivity index (χ1v) is 8.34. The van der Waals surface area contributed by atoms with Crippen LogP contribution in [0.2, 0.25) is 5.02 Å². The van der Waals surface area contributed by atoms with E-state index in [2.05, 4.69) is 0 Å². The predicted molar refractivity (Wildman–Crippen MR) is 79.4 cm³/mol.